The second-order valence-electron chi connectivity index (χ2n) is 5.00. The molecule has 3 nitrogen and oxygen atoms in total. The largest absolute Gasteiger partial charge is 0.405 e. The molecule has 0 unspecified atom stereocenters. The van der Waals surface area contributed by atoms with Crippen molar-refractivity contribution in [3.05, 3.63) is 23.9 Å². The molecule has 114 valence electrons. The minimum atomic E-state index is -4.23. The quantitative estimate of drug-likeness (QED) is 0.780. The number of halogens is 3. The molecule has 1 rings (SSSR count). The average Bonchev–Trinajstić information content (AvgIpc) is 2.35. The lowest BCUT2D eigenvalue weighted by Gasteiger charge is -2.29. The van der Waals surface area contributed by atoms with Crippen molar-refractivity contribution < 1.29 is 13.2 Å². The summed E-state index contributed by atoms with van der Waals surface area (Å²) in [7, 11) is 0. The van der Waals surface area contributed by atoms with Gasteiger partial charge in [-0.05, 0) is 38.9 Å². The Bertz CT molecular complexity index is 405. The Kier molecular flexibility index (Phi) is 6.26. The Labute approximate surface area is 118 Å². The van der Waals surface area contributed by atoms with Crippen molar-refractivity contribution >= 4 is 5.82 Å². The first-order chi connectivity index (χ1) is 9.33. The molecule has 0 bridgehead atoms. The minimum absolute atomic E-state index is 0.261. The lowest BCUT2D eigenvalue weighted by molar-refractivity contribution is -0.120. The molecule has 0 aliphatic rings. The molecule has 1 aromatic rings. The second kappa shape index (κ2) is 7.47. The predicted molar refractivity (Wildman–Crippen MR) is 74.8 cm³/mol. The molecule has 1 aromatic heterocycles. The number of nitrogens with zero attached hydrogens (tertiary/aromatic N) is 2. The highest BCUT2D eigenvalue weighted by Crippen LogP contribution is 2.22. The summed E-state index contributed by atoms with van der Waals surface area (Å²) in [5.41, 5.74) is 0.753. The summed E-state index contributed by atoms with van der Waals surface area (Å²) in [6.07, 6.45) is -3.23. The van der Waals surface area contributed by atoms with Gasteiger partial charge in [0.05, 0.1) is 5.69 Å². The van der Waals surface area contributed by atoms with Crippen LogP contribution in [-0.4, -0.2) is 30.3 Å². The first kappa shape index (κ1) is 16.8. The van der Waals surface area contributed by atoms with Crippen molar-refractivity contribution in [2.75, 3.05) is 18.0 Å². The van der Waals surface area contributed by atoms with E-state index in [1.165, 1.54) is 4.90 Å². The maximum atomic E-state index is 12.6. The third-order valence-corrected chi connectivity index (χ3v) is 2.79. The van der Waals surface area contributed by atoms with Crippen LogP contribution in [-0.2, 0) is 6.54 Å². The Morgan fingerprint density at radius 2 is 2.00 bits per heavy atom. The van der Waals surface area contributed by atoms with Gasteiger partial charge in [0.25, 0.3) is 0 Å². The summed E-state index contributed by atoms with van der Waals surface area (Å²) < 4.78 is 37.9. The molecule has 0 spiro atoms. The smallest absolute Gasteiger partial charge is 0.345 e. The van der Waals surface area contributed by atoms with Crippen molar-refractivity contribution in [3.63, 3.8) is 0 Å². The molecule has 20 heavy (non-hydrogen) atoms. The lowest BCUT2D eigenvalue weighted by Crippen LogP contribution is -2.39. The number of hydrogen-bond donors (Lipinski definition) is 1. The molecule has 0 amide bonds. The predicted octanol–water partition coefficient (Wildman–Crippen LogP) is 3.36. The molecule has 0 saturated heterocycles. The Balaban J connectivity index is 2.83. The third kappa shape index (κ3) is 5.77. The highest BCUT2D eigenvalue weighted by molar-refractivity contribution is 5.40. The molecular formula is C14H22F3N3. The zero-order chi connectivity index (χ0) is 15.2. The zero-order valence-electron chi connectivity index (χ0n) is 12.2. The van der Waals surface area contributed by atoms with Gasteiger partial charge >= 0.3 is 6.18 Å². The molecule has 6 heteroatoms. The van der Waals surface area contributed by atoms with Gasteiger partial charge in [-0.25, -0.2) is 4.98 Å². The summed E-state index contributed by atoms with van der Waals surface area (Å²) >= 11 is 0. The maximum Gasteiger partial charge on any atom is 0.405 e. The fourth-order valence-corrected chi connectivity index (χ4v) is 1.84. The fourth-order valence-electron chi connectivity index (χ4n) is 1.84. The maximum absolute atomic E-state index is 12.6. The standard InChI is InChI=1S/C14H22F3N3/c1-4-8-18-9-12-6-5-7-13(19-12)20(11(2)3)10-14(15,16)17/h5-7,11,18H,4,8-10H2,1-3H3. The van der Waals surface area contributed by atoms with Crippen LogP contribution in [0.4, 0.5) is 19.0 Å². The van der Waals surface area contributed by atoms with Gasteiger partial charge in [0.1, 0.15) is 12.4 Å². The average molecular weight is 289 g/mol. The Morgan fingerprint density at radius 3 is 2.55 bits per heavy atom. The van der Waals surface area contributed by atoms with Gasteiger partial charge < -0.3 is 10.2 Å². The van der Waals surface area contributed by atoms with Crippen LogP contribution in [0.1, 0.15) is 32.9 Å². The number of aromatic nitrogens is 1. The monoisotopic (exact) mass is 289 g/mol. The van der Waals surface area contributed by atoms with E-state index >= 15 is 0 Å². The normalized spacial score (nSPS) is 11.9. The van der Waals surface area contributed by atoms with Crippen LogP contribution in [0, 0.1) is 0 Å². The molecule has 0 radical (unpaired) electrons. The number of hydrogen-bond acceptors (Lipinski definition) is 3. The van der Waals surface area contributed by atoms with E-state index < -0.39 is 12.7 Å². The number of nitrogens with one attached hydrogen (secondary N) is 1. The molecule has 0 saturated carbocycles. The highest BCUT2D eigenvalue weighted by atomic mass is 19.4. The van der Waals surface area contributed by atoms with E-state index in [1.807, 2.05) is 6.07 Å². The van der Waals surface area contributed by atoms with Crippen molar-refractivity contribution in [1.29, 1.82) is 0 Å². The van der Waals surface area contributed by atoms with Crippen LogP contribution in [0.5, 0.6) is 0 Å². The SMILES string of the molecule is CCCNCc1cccc(N(CC(F)(F)F)C(C)C)n1. The van der Waals surface area contributed by atoms with Crippen LogP contribution in [0.25, 0.3) is 0 Å². The molecular weight excluding hydrogens is 267 g/mol. The number of alkyl halides is 3. The van der Waals surface area contributed by atoms with Crippen molar-refractivity contribution in [3.8, 4) is 0 Å². The third-order valence-electron chi connectivity index (χ3n) is 2.79. The van der Waals surface area contributed by atoms with E-state index in [0.29, 0.717) is 12.4 Å². The van der Waals surface area contributed by atoms with Gasteiger partial charge in [-0.2, -0.15) is 13.2 Å². The molecule has 1 N–H and O–H groups in total. The van der Waals surface area contributed by atoms with E-state index in [-0.39, 0.29) is 6.04 Å². The summed E-state index contributed by atoms with van der Waals surface area (Å²) in [6, 6.07) is 4.92. The number of pyridine rings is 1. The van der Waals surface area contributed by atoms with E-state index in [1.54, 1.807) is 26.0 Å². The van der Waals surface area contributed by atoms with E-state index in [2.05, 4.69) is 17.2 Å². The van der Waals surface area contributed by atoms with Gasteiger partial charge in [-0.15, -0.1) is 0 Å². The van der Waals surface area contributed by atoms with Gasteiger partial charge in [0, 0.05) is 12.6 Å². The Hall–Kier alpha value is -1.30. The first-order valence-electron chi connectivity index (χ1n) is 6.83. The van der Waals surface area contributed by atoms with E-state index in [0.717, 1.165) is 18.7 Å². The van der Waals surface area contributed by atoms with Gasteiger partial charge in [-0.3, -0.25) is 0 Å². The first-order valence-corrected chi connectivity index (χ1v) is 6.83. The summed E-state index contributed by atoms with van der Waals surface area (Å²) in [5, 5.41) is 3.19. The number of anilines is 1. The molecule has 0 fully saturated rings. The Morgan fingerprint density at radius 1 is 1.30 bits per heavy atom. The van der Waals surface area contributed by atoms with E-state index in [9.17, 15) is 13.2 Å². The highest BCUT2D eigenvalue weighted by Gasteiger charge is 2.32. The van der Waals surface area contributed by atoms with Crippen molar-refractivity contribution in [2.45, 2.75) is 46.0 Å². The molecule has 0 aliphatic heterocycles. The number of rotatable bonds is 7. The summed E-state index contributed by atoms with van der Waals surface area (Å²) in [4.78, 5) is 5.58. The molecule has 0 atom stereocenters. The summed E-state index contributed by atoms with van der Waals surface area (Å²) in [6.45, 7) is 5.97. The van der Waals surface area contributed by atoms with Crippen LogP contribution >= 0.6 is 0 Å². The minimum Gasteiger partial charge on any atom is -0.345 e. The van der Waals surface area contributed by atoms with Crippen LogP contribution in [0.15, 0.2) is 18.2 Å². The second-order valence-corrected chi connectivity index (χ2v) is 5.00. The molecule has 0 aromatic carbocycles. The zero-order valence-corrected chi connectivity index (χ0v) is 12.2. The molecule has 0 aliphatic carbocycles. The van der Waals surface area contributed by atoms with Crippen LogP contribution < -0.4 is 10.2 Å². The van der Waals surface area contributed by atoms with Crippen LogP contribution in [0.2, 0.25) is 0 Å². The fraction of sp³-hybridized carbons (Fsp3) is 0.643. The van der Waals surface area contributed by atoms with Gasteiger partial charge in [-0.1, -0.05) is 13.0 Å². The topological polar surface area (TPSA) is 28.2 Å². The lowest BCUT2D eigenvalue weighted by atomic mass is 10.2. The summed E-state index contributed by atoms with van der Waals surface area (Å²) in [5.74, 6) is 0.369. The van der Waals surface area contributed by atoms with Crippen LogP contribution in [0.3, 0.4) is 0 Å². The van der Waals surface area contributed by atoms with Gasteiger partial charge in [0.15, 0.2) is 0 Å². The van der Waals surface area contributed by atoms with E-state index in [4.69, 9.17) is 0 Å². The molecule has 1 heterocycles. The van der Waals surface area contributed by atoms with Crippen molar-refractivity contribution in [1.82, 2.24) is 10.3 Å². The van der Waals surface area contributed by atoms with Gasteiger partial charge in [0.2, 0.25) is 0 Å². The van der Waals surface area contributed by atoms with Crippen molar-refractivity contribution in [2.24, 2.45) is 0 Å².